The third-order valence-corrected chi connectivity index (χ3v) is 6.78. The van der Waals surface area contributed by atoms with Crippen LogP contribution in [0.25, 0.3) is 0 Å². The Morgan fingerprint density at radius 2 is 2.13 bits per heavy atom. The van der Waals surface area contributed by atoms with E-state index in [0.29, 0.717) is 21.2 Å². The van der Waals surface area contributed by atoms with Crippen molar-refractivity contribution in [1.82, 2.24) is 4.98 Å². The van der Waals surface area contributed by atoms with Gasteiger partial charge in [-0.2, -0.15) is 0 Å². The molecule has 0 aliphatic carbocycles. The van der Waals surface area contributed by atoms with Gasteiger partial charge in [-0.05, 0) is 18.2 Å². The van der Waals surface area contributed by atoms with E-state index in [1.807, 2.05) is 6.07 Å². The first-order chi connectivity index (χ1) is 11.0. The summed E-state index contributed by atoms with van der Waals surface area (Å²) in [5.74, 6) is -2.63. The van der Waals surface area contributed by atoms with E-state index in [9.17, 15) is 19.5 Å². The predicted molar refractivity (Wildman–Crippen MR) is 87.3 cm³/mol. The molecule has 0 saturated heterocycles. The van der Waals surface area contributed by atoms with Crippen LogP contribution in [0.3, 0.4) is 0 Å². The number of carboxylic acids is 1. The summed E-state index contributed by atoms with van der Waals surface area (Å²) in [5, 5.41) is 9.02. The molecule has 4 rings (SSSR count). The molecule has 0 bridgehead atoms. The minimum absolute atomic E-state index is 0.261. The molecule has 0 spiro atoms. The van der Waals surface area contributed by atoms with E-state index in [2.05, 4.69) is 20.9 Å². The standard InChI is InChI=1S/C14H8BrNO5S2/c15-4-1-2-6-5(3-4)7-8(13(19)21-6)10(12(17)18)22-11-9(7)23-14(20)16-11/h1-3,7-8,10H,(H,16,20)(H,17,18)/t7-,8-,10+/m0/s1. The van der Waals surface area contributed by atoms with Gasteiger partial charge in [0.15, 0.2) is 0 Å². The van der Waals surface area contributed by atoms with Crippen LogP contribution in [0.5, 0.6) is 5.75 Å². The van der Waals surface area contributed by atoms with Gasteiger partial charge in [-0.25, -0.2) is 0 Å². The lowest BCUT2D eigenvalue weighted by molar-refractivity contribution is -0.147. The number of halogens is 1. The van der Waals surface area contributed by atoms with Crippen LogP contribution in [0.4, 0.5) is 0 Å². The largest absolute Gasteiger partial charge is 0.480 e. The van der Waals surface area contributed by atoms with Crippen molar-refractivity contribution in [1.29, 1.82) is 0 Å². The van der Waals surface area contributed by atoms with E-state index in [4.69, 9.17) is 4.74 Å². The molecule has 0 saturated carbocycles. The Bertz CT molecular complexity index is 905. The Kier molecular flexibility index (Phi) is 3.40. The van der Waals surface area contributed by atoms with E-state index < -0.39 is 29.0 Å². The van der Waals surface area contributed by atoms with E-state index in [1.54, 1.807) is 12.1 Å². The van der Waals surface area contributed by atoms with Crippen molar-refractivity contribution in [3.63, 3.8) is 0 Å². The van der Waals surface area contributed by atoms with Gasteiger partial charge in [-0.3, -0.25) is 14.4 Å². The second-order valence-electron chi connectivity index (χ2n) is 5.19. The maximum atomic E-state index is 12.4. The van der Waals surface area contributed by atoms with Crippen molar-refractivity contribution >= 4 is 51.0 Å². The zero-order valence-electron chi connectivity index (χ0n) is 11.2. The lowest BCUT2D eigenvalue weighted by Gasteiger charge is -2.37. The van der Waals surface area contributed by atoms with Gasteiger partial charge in [-0.15, -0.1) is 0 Å². The van der Waals surface area contributed by atoms with E-state index >= 15 is 0 Å². The number of fused-ring (bicyclic) bond motifs is 5. The van der Waals surface area contributed by atoms with Crippen molar-refractivity contribution in [2.75, 3.05) is 0 Å². The topological polar surface area (TPSA) is 96.5 Å². The van der Waals surface area contributed by atoms with Gasteiger partial charge in [0.1, 0.15) is 11.0 Å². The molecule has 1 aromatic carbocycles. The number of carboxylic acid groups (broad SMARTS) is 1. The van der Waals surface area contributed by atoms with Crippen LogP contribution in [-0.2, 0) is 9.59 Å². The summed E-state index contributed by atoms with van der Waals surface area (Å²) in [6, 6.07) is 5.22. The molecular formula is C14H8BrNO5S2. The van der Waals surface area contributed by atoms with Crippen LogP contribution in [-0.4, -0.2) is 27.3 Å². The van der Waals surface area contributed by atoms with Crippen LogP contribution in [0.15, 0.2) is 32.5 Å². The summed E-state index contributed by atoms with van der Waals surface area (Å²) in [4.78, 5) is 38.9. The van der Waals surface area contributed by atoms with Crippen molar-refractivity contribution < 1.29 is 19.4 Å². The highest BCUT2D eigenvalue weighted by molar-refractivity contribution is 9.10. The Morgan fingerprint density at radius 3 is 2.87 bits per heavy atom. The first-order valence-electron chi connectivity index (χ1n) is 6.59. The molecular weight excluding hydrogens is 406 g/mol. The summed E-state index contributed by atoms with van der Waals surface area (Å²) in [6.07, 6.45) is 0. The second-order valence-corrected chi connectivity index (χ2v) is 8.27. The molecule has 2 aromatic rings. The number of hydrogen-bond donors (Lipinski definition) is 2. The molecule has 0 radical (unpaired) electrons. The summed E-state index contributed by atoms with van der Waals surface area (Å²) < 4.78 is 6.13. The molecule has 0 fully saturated rings. The predicted octanol–water partition coefficient (Wildman–Crippen LogP) is 2.42. The first-order valence-corrected chi connectivity index (χ1v) is 9.08. The van der Waals surface area contributed by atoms with Crippen molar-refractivity contribution in [3.05, 3.63) is 42.8 Å². The van der Waals surface area contributed by atoms with Crippen LogP contribution in [0.2, 0.25) is 0 Å². The van der Waals surface area contributed by atoms with Crippen molar-refractivity contribution in [3.8, 4) is 5.75 Å². The van der Waals surface area contributed by atoms with Gasteiger partial charge in [0.25, 0.3) is 0 Å². The lowest BCUT2D eigenvalue weighted by atomic mass is 9.80. The molecule has 118 valence electrons. The average molecular weight is 414 g/mol. The number of rotatable bonds is 1. The number of thiazole rings is 1. The Labute approximate surface area is 146 Å². The fourth-order valence-corrected chi connectivity index (χ4v) is 5.76. The number of carbonyl (C=O) groups is 2. The number of ether oxygens (including phenoxy) is 1. The number of hydrogen-bond acceptors (Lipinski definition) is 6. The van der Waals surface area contributed by atoms with Crippen LogP contribution < -0.4 is 9.61 Å². The maximum Gasteiger partial charge on any atom is 0.317 e. The monoisotopic (exact) mass is 413 g/mol. The van der Waals surface area contributed by atoms with Gasteiger partial charge < -0.3 is 14.8 Å². The van der Waals surface area contributed by atoms with Gasteiger partial charge in [0, 0.05) is 20.8 Å². The first kappa shape index (κ1) is 15.0. The number of thioether (sulfide) groups is 1. The maximum absolute atomic E-state index is 12.4. The smallest absolute Gasteiger partial charge is 0.317 e. The Morgan fingerprint density at radius 1 is 1.35 bits per heavy atom. The lowest BCUT2D eigenvalue weighted by Crippen LogP contribution is -2.44. The number of aromatic amines is 1. The number of aliphatic carboxylic acids is 1. The third-order valence-electron chi connectivity index (χ3n) is 3.89. The Hall–Kier alpha value is -1.58. The molecule has 0 amide bonds. The summed E-state index contributed by atoms with van der Waals surface area (Å²) in [5.41, 5.74) is 0.715. The molecule has 3 heterocycles. The number of nitrogens with one attached hydrogen (secondary N) is 1. The highest BCUT2D eigenvalue weighted by Crippen LogP contribution is 2.53. The Balaban J connectivity index is 2.00. The number of carbonyl (C=O) groups excluding carboxylic acids is 1. The molecule has 6 nitrogen and oxygen atoms in total. The van der Waals surface area contributed by atoms with Gasteiger partial charge >= 0.3 is 16.8 Å². The molecule has 2 aliphatic rings. The summed E-state index contributed by atoms with van der Waals surface area (Å²) >= 11 is 5.39. The molecule has 9 heteroatoms. The van der Waals surface area contributed by atoms with Crippen molar-refractivity contribution in [2.24, 2.45) is 5.92 Å². The number of benzene rings is 1. The SMILES string of the molecule is O=C1Oc2ccc(Br)cc2[C@@H]2c3sc(=O)[nH]c3S[C@@H](C(=O)O)[C@@H]12. The zero-order chi connectivity index (χ0) is 16.3. The summed E-state index contributed by atoms with van der Waals surface area (Å²) in [6.45, 7) is 0. The minimum Gasteiger partial charge on any atom is -0.480 e. The normalized spacial score (nSPS) is 25.1. The van der Waals surface area contributed by atoms with Gasteiger partial charge in [0.05, 0.1) is 10.9 Å². The third kappa shape index (κ3) is 2.26. The average Bonchev–Trinajstić information content (AvgIpc) is 2.86. The molecule has 23 heavy (non-hydrogen) atoms. The van der Waals surface area contributed by atoms with E-state index in [1.165, 1.54) is 0 Å². The van der Waals surface area contributed by atoms with E-state index in [0.717, 1.165) is 27.6 Å². The molecule has 2 aliphatic heterocycles. The van der Waals surface area contributed by atoms with Crippen LogP contribution >= 0.6 is 39.0 Å². The van der Waals surface area contributed by atoms with Gasteiger partial charge in [-0.1, -0.05) is 39.0 Å². The van der Waals surface area contributed by atoms with Gasteiger partial charge in [0.2, 0.25) is 0 Å². The summed E-state index contributed by atoms with van der Waals surface area (Å²) in [7, 11) is 0. The van der Waals surface area contributed by atoms with E-state index in [-0.39, 0.29) is 4.87 Å². The molecule has 3 atom stereocenters. The van der Waals surface area contributed by atoms with Crippen LogP contribution in [0, 0.1) is 5.92 Å². The number of aromatic nitrogens is 1. The van der Waals surface area contributed by atoms with Crippen molar-refractivity contribution in [2.45, 2.75) is 16.2 Å². The quantitative estimate of drug-likeness (QED) is 0.550. The fourth-order valence-electron chi connectivity index (χ4n) is 2.99. The zero-order valence-corrected chi connectivity index (χ0v) is 14.5. The number of H-pyrrole nitrogens is 1. The fraction of sp³-hybridized carbons (Fsp3) is 0.214. The number of esters is 1. The molecule has 2 N–H and O–H groups in total. The molecule has 1 aromatic heterocycles. The second kappa shape index (κ2) is 5.22. The molecule has 0 unspecified atom stereocenters. The minimum atomic E-state index is -1.10. The highest BCUT2D eigenvalue weighted by atomic mass is 79.9. The highest BCUT2D eigenvalue weighted by Gasteiger charge is 2.51. The van der Waals surface area contributed by atoms with Crippen LogP contribution in [0.1, 0.15) is 16.4 Å².